The number of fused-ring (bicyclic) bond motifs is 1. The Morgan fingerprint density at radius 2 is 1.66 bits per heavy atom. The number of nitrogens with one attached hydrogen (secondary N) is 1. The molecule has 2 heterocycles. The first kappa shape index (κ1) is 22.2. The summed E-state index contributed by atoms with van der Waals surface area (Å²) in [5.74, 6) is 0.0478. The maximum absolute atomic E-state index is 12.7. The van der Waals surface area contributed by atoms with E-state index in [4.69, 9.17) is 0 Å². The van der Waals surface area contributed by atoms with Gasteiger partial charge in [0.1, 0.15) is 0 Å². The first-order valence-corrected chi connectivity index (χ1v) is 12.1. The Kier molecular flexibility index (Phi) is 6.38. The lowest BCUT2D eigenvalue weighted by Crippen LogP contribution is -2.41. The molecule has 1 amide bonds. The maximum atomic E-state index is 12.7. The van der Waals surface area contributed by atoms with Gasteiger partial charge in [-0.25, -0.2) is 13.1 Å². The summed E-state index contributed by atoms with van der Waals surface area (Å²) in [5, 5.41) is 8.45. The van der Waals surface area contributed by atoms with E-state index in [1.54, 1.807) is 55.6 Å². The molecule has 32 heavy (non-hydrogen) atoms. The Balaban J connectivity index is 1.33. The van der Waals surface area contributed by atoms with Gasteiger partial charge in [-0.1, -0.05) is 36.4 Å². The van der Waals surface area contributed by atoms with Gasteiger partial charge in [-0.15, -0.1) is 0 Å². The first-order valence-electron chi connectivity index (χ1n) is 10.6. The summed E-state index contributed by atoms with van der Waals surface area (Å²) < 4.78 is 28.3. The average molecular weight is 455 g/mol. The van der Waals surface area contributed by atoms with Crippen molar-refractivity contribution in [2.45, 2.75) is 24.2 Å². The van der Waals surface area contributed by atoms with Crippen molar-refractivity contribution in [1.29, 1.82) is 0 Å². The van der Waals surface area contributed by atoms with E-state index >= 15 is 0 Å². The minimum atomic E-state index is -3.48. The van der Waals surface area contributed by atoms with Crippen LogP contribution < -0.4 is 10.9 Å². The van der Waals surface area contributed by atoms with Crippen molar-refractivity contribution in [3.05, 3.63) is 70.6 Å². The van der Waals surface area contributed by atoms with E-state index < -0.39 is 10.0 Å². The summed E-state index contributed by atoms with van der Waals surface area (Å²) in [4.78, 5) is 25.1. The average Bonchev–Trinajstić information content (AvgIpc) is 2.82. The lowest BCUT2D eigenvalue weighted by molar-refractivity contribution is -0.120. The zero-order chi connectivity index (χ0) is 22.7. The fourth-order valence-corrected chi connectivity index (χ4v) is 5.57. The highest BCUT2D eigenvalue weighted by Gasteiger charge is 2.29. The van der Waals surface area contributed by atoms with Crippen LogP contribution in [-0.4, -0.2) is 48.0 Å². The molecule has 0 bridgehead atoms. The lowest BCUT2D eigenvalue weighted by Gasteiger charge is -2.31. The van der Waals surface area contributed by atoms with E-state index in [0.717, 1.165) is 0 Å². The third kappa shape index (κ3) is 4.58. The van der Waals surface area contributed by atoms with Crippen molar-refractivity contribution in [2.75, 3.05) is 19.6 Å². The SMILES string of the molecule is Cn1nc(CC(=O)NCC2CCN(S(=O)(=O)c3ccccc3)CC2)c2ccccc2c1=O. The summed E-state index contributed by atoms with van der Waals surface area (Å²) in [5.41, 5.74) is 0.367. The minimum Gasteiger partial charge on any atom is -0.355 e. The summed E-state index contributed by atoms with van der Waals surface area (Å²) in [6, 6.07) is 15.6. The number of nitrogens with zero attached hydrogens (tertiary/aromatic N) is 3. The van der Waals surface area contributed by atoms with E-state index in [1.165, 1.54) is 8.99 Å². The number of aromatic nitrogens is 2. The molecular formula is C23H26N4O4S. The molecule has 1 N–H and O–H groups in total. The monoisotopic (exact) mass is 454 g/mol. The highest BCUT2D eigenvalue weighted by atomic mass is 32.2. The van der Waals surface area contributed by atoms with Crippen molar-refractivity contribution in [3.63, 3.8) is 0 Å². The van der Waals surface area contributed by atoms with Crippen molar-refractivity contribution >= 4 is 26.7 Å². The normalized spacial score (nSPS) is 15.7. The number of amides is 1. The predicted molar refractivity (Wildman–Crippen MR) is 122 cm³/mol. The molecule has 0 saturated carbocycles. The molecule has 2 aromatic carbocycles. The van der Waals surface area contributed by atoms with E-state index in [0.29, 0.717) is 53.8 Å². The van der Waals surface area contributed by atoms with E-state index in [-0.39, 0.29) is 23.8 Å². The predicted octanol–water partition coefficient (Wildman–Crippen LogP) is 1.69. The van der Waals surface area contributed by atoms with Crippen molar-refractivity contribution in [1.82, 2.24) is 19.4 Å². The molecule has 9 heteroatoms. The van der Waals surface area contributed by atoms with Crippen LogP contribution in [0.3, 0.4) is 0 Å². The van der Waals surface area contributed by atoms with Crippen LogP contribution in [0.4, 0.5) is 0 Å². The number of carbonyl (C=O) groups is 1. The minimum absolute atomic E-state index is 0.0792. The second-order valence-corrected chi connectivity index (χ2v) is 10.0. The number of hydrogen-bond acceptors (Lipinski definition) is 5. The van der Waals surface area contributed by atoms with Gasteiger partial charge in [0.15, 0.2) is 0 Å². The van der Waals surface area contributed by atoms with Crippen LogP contribution in [-0.2, 0) is 28.3 Å². The Bertz CT molecular complexity index is 1280. The molecule has 4 rings (SSSR count). The molecule has 1 saturated heterocycles. The number of sulfonamides is 1. The summed E-state index contributed by atoms with van der Waals surface area (Å²) in [6.45, 7) is 1.36. The molecule has 0 unspecified atom stereocenters. The lowest BCUT2D eigenvalue weighted by atomic mass is 9.98. The van der Waals surface area contributed by atoms with Gasteiger partial charge < -0.3 is 5.32 Å². The third-order valence-electron chi connectivity index (χ3n) is 5.90. The molecule has 1 aromatic heterocycles. The Labute approximate surface area is 186 Å². The third-order valence-corrected chi connectivity index (χ3v) is 7.82. The van der Waals surface area contributed by atoms with Gasteiger partial charge in [0.05, 0.1) is 22.4 Å². The smallest absolute Gasteiger partial charge is 0.274 e. The molecule has 1 aliphatic heterocycles. The quantitative estimate of drug-likeness (QED) is 0.611. The van der Waals surface area contributed by atoms with Crippen molar-refractivity contribution in [2.24, 2.45) is 13.0 Å². The maximum Gasteiger partial charge on any atom is 0.274 e. The molecule has 0 aliphatic carbocycles. The first-order chi connectivity index (χ1) is 15.4. The molecule has 1 aliphatic rings. The van der Waals surface area contributed by atoms with Gasteiger partial charge >= 0.3 is 0 Å². The van der Waals surface area contributed by atoms with Crippen LogP contribution in [0.25, 0.3) is 10.8 Å². The van der Waals surface area contributed by atoms with Crippen LogP contribution in [0.2, 0.25) is 0 Å². The van der Waals surface area contributed by atoms with Gasteiger partial charge in [0, 0.05) is 32.1 Å². The standard InChI is InChI=1S/C23H26N4O4S/c1-26-23(29)20-10-6-5-9-19(20)21(25-26)15-22(28)24-16-17-11-13-27(14-12-17)32(30,31)18-7-3-2-4-8-18/h2-10,17H,11-16H2,1H3,(H,24,28). The van der Waals surface area contributed by atoms with E-state index in [9.17, 15) is 18.0 Å². The zero-order valence-electron chi connectivity index (χ0n) is 17.9. The van der Waals surface area contributed by atoms with Gasteiger partial charge in [-0.3, -0.25) is 9.59 Å². The Hall–Kier alpha value is -3.04. The number of piperidine rings is 1. The van der Waals surface area contributed by atoms with Crippen LogP contribution in [0.15, 0.2) is 64.3 Å². The fourth-order valence-electron chi connectivity index (χ4n) is 4.07. The van der Waals surface area contributed by atoms with E-state index in [2.05, 4.69) is 10.4 Å². The number of carbonyl (C=O) groups excluding carboxylic acids is 1. The number of hydrogen-bond donors (Lipinski definition) is 1. The van der Waals surface area contributed by atoms with Crippen molar-refractivity contribution < 1.29 is 13.2 Å². The molecular weight excluding hydrogens is 428 g/mol. The van der Waals surface area contributed by atoms with Crippen molar-refractivity contribution in [3.8, 4) is 0 Å². The summed E-state index contributed by atoms with van der Waals surface area (Å²) in [6.07, 6.45) is 1.45. The highest BCUT2D eigenvalue weighted by molar-refractivity contribution is 7.89. The molecule has 3 aromatic rings. The second-order valence-electron chi connectivity index (χ2n) is 8.06. The Morgan fingerprint density at radius 1 is 1.03 bits per heavy atom. The number of benzene rings is 2. The molecule has 0 spiro atoms. The summed E-state index contributed by atoms with van der Waals surface area (Å²) >= 11 is 0. The number of aryl methyl sites for hydroxylation is 1. The molecule has 0 radical (unpaired) electrons. The molecule has 8 nitrogen and oxygen atoms in total. The second kappa shape index (κ2) is 9.22. The van der Waals surface area contributed by atoms with Gasteiger partial charge in [0.25, 0.3) is 5.56 Å². The molecule has 0 atom stereocenters. The fraction of sp³-hybridized carbons (Fsp3) is 0.348. The van der Waals surface area contributed by atoms with Gasteiger partial charge in [-0.2, -0.15) is 9.40 Å². The topological polar surface area (TPSA) is 101 Å². The molecule has 168 valence electrons. The number of rotatable bonds is 6. The van der Waals surface area contributed by atoms with E-state index in [1.807, 2.05) is 6.07 Å². The molecule has 1 fully saturated rings. The zero-order valence-corrected chi connectivity index (χ0v) is 18.7. The largest absolute Gasteiger partial charge is 0.355 e. The van der Waals surface area contributed by atoms with Crippen LogP contribution >= 0.6 is 0 Å². The summed E-state index contributed by atoms with van der Waals surface area (Å²) in [7, 11) is -1.90. The Morgan fingerprint density at radius 3 is 2.34 bits per heavy atom. The van der Waals surface area contributed by atoms with Crippen LogP contribution in [0.5, 0.6) is 0 Å². The van der Waals surface area contributed by atoms with Crippen LogP contribution in [0, 0.1) is 5.92 Å². The van der Waals surface area contributed by atoms with Crippen LogP contribution in [0.1, 0.15) is 18.5 Å². The highest BCUT2D eigenvalue weighted by Crippen LogP contribution is 2.23. The van der Waals surface area contributed by atoms with Gasteiger partial charge in [-0.05, 0) is 37.0 Å². The van der Waals surface area contributed by atoms with Gasteiger partial charge in [0.2, 0.25) is 15.9 Å².